The monoisotopic (exact) mass is 367 g/mol. The number of hydrogen-bond acceptors (Lipinski definition) is 2. The summed E-state index contributed by atoms with van der Waals surface area (Å²) in [5.41, 5.74) is 1.69. The van der Waals surface area contributed by atoms with E-state index in [0.29, 0.717) is 5.69 Å². The second-order valence-electron chi connectivity index (χ2n) is 4.82. The van der Waals surface area contributed by atoms with Gasteiger partial charge in [-0.25, -0.2) is 8.42 Å². The van der Waals surface area contributed by atoms with E-state index in [1.54, 1.807) is 30.3 Å². The first-order chi connectivity index (χ1) is 10.0. The van der Waals surface area contributed by atoms with Gasteiger partial charge < -0.3 is 0 Å². The predicted octanol–water partition coefficient (Wildman–Crippen LogP) is 4.59. The molecule has 1 N–H and O–H groups in total. The normalized spacial score (nSPS) is 11.3. The Labute approximate surface area is 134 Å². The van der Waals surface area contributed by atoms with Gasteiger partial charge in [-0.15, -0.1) is 0 Å². The Kier molecular flexibility index (Phi) is 5.42. The molecule has 0 aliphatic heterocycles. The molecule has 0 fully saturated rings. The van der Waals surface area contributed by atoms with E-state index < -0.39 is 10.0 Å². The van der Waals surface area contributed by atoms with Gasteiger partial charge in [-0.1, -0.05) is 47.5 Å². The molecule has 0 unspecified atom stereocenters. The van der Waals surface area contributed by atoms with E-state index in [-0.39, 0.29) is 4.90 Å². The van der Waals surface area contributed by atoms with Gasteiger partial charge in [0.1, 0.15) is 0 Å². The number of halogens is 1. The van der Waals surface area contributed by atoms with Crippen LogP contribution in [0.1, 0.15) is 25.3 Å². The third kappa shape index (κ3) is 4.32. The fourth-order valence-corrected chi connectivity index (χ4v) is 3.39. The maximum Gasteiger partial charge on any atom is 0.261 e. The fourth-order valence-electron chi connectivity index (χ4n) is 2.02. The van der Waals surface area contributed by atoms with Crippen molar-refractivity contribution in [1.82, 2.24) is 0 Å². The Morgan fingerprint density at radius 1 is 1.05 bits per heavy atom. The van der Waals surface area contributed by atoms with Gasteiger partial charge in [0.15, 0.2) is 0 Å². The summed E-state index contributed by atoms with van der Waals surface area (Å²) in [6.07, 6.45) is 2.99. The number of rotatable bonds is 6. The van der Waals surface area contributed by atoms with Crippen molar-refractivity contribution in [2.45, 2.75) is 31.1 Å². The Bertz CT molecular complexity index is 696. The molecule has 5 heteroatoms. The third-order valence-electron chi connectivity index (χ3n) is 3.19. The number of unbranched alkanes of at least 4 members (excludes halogenated alkanes) is 1. The zero-order chi connectivity index (χ0) is 15.3. The van der Waals surface area contributed by atoms with E-state index in [2.05, 4.69) is 27.6 Å². The van der Waals surface area contributed by atoms with Crippen molar-refractivity contribution in [3.8, 4) is 0 Å². The second kappa shape index (κ2) is 7.09. The van der Waals surface area contributed by atoms with Crippen LogP contribution in [-0.2, 0) is 16.4 Å². The SMILES string of the molecule is CCCCc1ccccc1NS(=O)(=O)c1ccc(Br)cc1. The molecular formula is C16H18BrNO2S. The van der Waals surface area contributed by atoms with Crippen LogP contribution in [0, 0.1) is 0 Å². The minimum atomic E-state index is -3.55. The highest BCUT2D eigenvalue weighted by Gasteiger charge is 2.15. The number of benzene rings is 2. The molecule has 2 aromatic carbocycles. The van der Waals surface area contributed by atoms with Crippen LogP contribution in [0.25, 0.3) is 0 Å². The number of sulfonamides is 1. The maximum atomic E-state index is 12.4. The van der Waals surface area contributed by atoms with Crippen molar-refractivity contribution >= 4 is 31.6 Å². The summed E-state index contributed by atoms with van der Waals surface area (Å²) in [5.74, 6) is 0. The first-order valence-corrected chi connectivity index (χ1v) is 9.17. The molecule has 0 saturated heterocycles. The lowest BCUT2D eigenvalue weighted by Gasteiger charge is -2.12. The van der Waals surface area contributed by atoms with E-state index >= 15 is 0 Å². The van der Waals surface area contributed by atoms with E-state index in [4.69, 9.17) is 0 Å². The van der Waals surface area contributed by atoms with Gasteiger partial charge >= 0.3 is 0 Å². The zero-order valence-electron chi connectivity index (χ0n) is 11.8. The van der Waals surface area contributed by atoms with Gasteiger partial charge in [0.05, 0.1) is 10.6 Å². The van der Waals surface area contributed by atoms with Crippen LogP contribution in [0.15, 0.2) is 57.9 Å². The smallest absolute Gasteiger partial charge is 0.261 e. The number of aryl methyl sites for hydroxylation is 1. The summed E-state index contributed by atoms with van der Waals surface area (Å²) in [6, 6.07) is 14.2. The van der Waals surface area contributed by atoms with Crippen LogP contribution in [0.5, 0.6) is 0 Å². The zero-order valence-corrected chi connectivity index (χ0v) is 14.2. The largest absolute Gasteiger partial charge is 0.279 e. The molecule has 0 saturated carbocycles. The van der Waals surface area contributed by atoms with Gasteiger partial charge in [-0.2, -0.15) is 0 Å². The Morgan fingerprint density at radius 2 is 1.71 bits per heavy atom. The Morgan fingerprint density at radius 3 is 2.38 bits per heavy atom. The van der Waals surface area contributed by atoms with Crippen molar-refractivity contribution in [2.24, 2.45) is 0 Å². The first-order valence-electron chi connectivity index (χ1n) is 6.89. The summed E-state index contributed by atoms with van der Waals surface area (Å²) < 4.78 is 28.4. The Hall–Kier alpha value is -1.33. The average Bonchev–Trinajstić information content (AvgIpc) is 2.46. The summed E-state index contributed by atoms with van der Waals surface area (Å²) in [5, 5.41) is 0. The van der Waals surface area contributed by atoms with Crippen LogP contribution in [0.2, 0.25) is 0 Å². The molecule has 0 radical (unpaired) electrons. The molecule has 0 aliphatic rings. The highest BCUT2D eigenvalue weighted by atomic mass is 79.9. The maximum absolute atomic E-state index is 12.4. The minimum Gasteiger partial charge on any atom is -0.279 e. The lowest BCUT2D eigenvalue weighted by Crippen LogP contribution is -2.14. The van der Waals surface area contributed by atoms with E-state index in [1.165, 1.54) is 0 Å². The lowest BCUT2D eigenvalue weighted by molar-refractivity contribution is 0.601. The average molecular weight is 368 g/mol. The first kappa shape index (κ1) is 16.0. The molecule has 0 aliphatic carbocycles. The van der Waals surface area contributed by atoms with Gasteiger partial charge in [-0.05, 0) is 48.7 Å². The summed E-state index contributed by atoms with van der Waals surface area (Å²) in [6.45, 7) is 2.12. The van der Waals surface area contributed by atoms with Crippen LogP contribution in [-0.4, -0.2) is 8.42 Å². The summed E-state index contributed by atoms with van der Waals surface area (Å²) in [4.78, 5) is 0.260. The van der Waals surface area contributed by atoms with Gasteiger partial charge in [0, 0.05) is 4.47 Å². The molecule has 0 aromatic heterocycles. The standard InChI is InChI=1S/C16H18BrNO2S/c1-2-3-6-13-7-4-5-8-16(13)18-21(19,20)15-11-9-14(17)10-12-15/h4-5,7-12,18H,2-3,6H2,1H3. The molecule has 0 bridgehead atoms. The predicted molar refractivity (Wildman–Crippen MR) is 90.0 cm³/mol. The van der Waals surface area contributed by atoms with Gasteiger partial charge in [0.2, 0.25) is 0 Å². The quantitative estimate of drug-likeness (QED) is 0.811. The number of nitrogens with one attached hydrogen (secondary N) is 1. The molecule has 0 amide bonds. The van der Waals surface area contributed by atoms with E-state index in [0.717, 1.165) is 29.3 Å². The third-order valence-corrected chi connectivity index (χ3v) is 5.10. The fraction of sp³-hybridized carbons (Fsp3) is 0.250. The Balaban J connectivity index is 2.26. The molecular weight excluding hydrogens is 350 g/mol. The topological polar surface area (TPSA) is 46.2 Å². The highest BCUT2D eigenvalue weighted by Crippen LogP contribution is 2.22. The van der Waals surface area contributed by atoms with Crippen LogP contribution in [0.4, 0.5) is 5.69 Å². The molecule has 3 nitrogen and oxygen atoms in total. The summed E-state index contributed by atoms with van der Waals surface area (Å²) in [7, 11) is -3.55. The van der Waals surface area contributed by atoms with Crippen molar-refractivity contribution in [3.05, 3.63) is 58.6 Å². The highest BCUT2D eigenvalue weighted by molar-refractivity contribution is 9.10. The van der Waals surface area contributed by atoms with Crippen LogP contribution < -0.4 is 4.72 Å². The number of para-hydroxylation sites is 1. The van der Waals surface area contributed by atoms with Crippen molar-refractivity contribution < 1.29 is 8.42 Å². The second-order valence-corrected chi connectivity index (χ2v) is 7.42. The van der Waals surface area contributed by atoms with Gasteiger partial charge in [-0.3, -0.25) is 4.72 Å². The van der Waals surface area contributed by atoms with Crippen molar-refractivity contribution in [2.75, 3.05) is 4.72 Å². The van der Waals surface area contributed by atoms with Crippen LogP contribution in [0.3, 0.4) is 0 Å². The van der Waals surface area contributed by atoms with E-state index in [1.807, 2.05) is 18.2 Å². The molecule has 0 atom stereocenters. The minimum absolute atomic E-state index is 0.260. The molecule has 112 valence electrons. The molecule has 2 aromatic rings. The summed E-state index contributed by atoms with van der Waals surface area (Å²) >= 11 is 3.30. The molecule has 21 heavy (non-hydrogen) atoms. The van der Waals surface area contributed by atoms with Crippen LogP contribution >= 0.6 is 15.9 Å². The van der Waals surface area contributed by atoms with E-state index in [9.17, 15) is 8.42 Å². The van der Waals surface area contributed by atoms with Gasteiger partial charge in [0.25, 0.3) is 10.0 Å². The number of hydrogen-bond donors (Lipinski definition) is 1. The lowest BCUT2D eigenvalue weighted by atomic mass is 10.1. The van der Waals surface area contributed by atoms with Crippen molar-refractivity contribution in [1.29, 1.82) is 0 Å². The van der Waals surface area contributed by atoms with Crippen molar-refractivity contribution in [3.63, 3.8) is 0 Å². The molecule has 0 heterocycles. The number of anilines is 1. The molecule has 0 spiro atoms. The molecule has 2 rings (SSSR count).